The normalized spacial score (nSPS) is 13.1. The third-order valence-corrected chi connectivity index (χ3v) is 2.40. The van der Waals surface area contributed by atoms with E-state index < -0.39 is 5.92 Å². The van der Waals surface area contributed by atoms with Gasteiger partial charge in [0.05, 0.1) is 6.07 Å². The third kappa shape index (κ3) is 4.27. The van der Waals surface area contributed by atoms with E-state index in [-0.39, 0.29) is 11.4 Å². The summed E-state index contributed by atoms with van der Waals surface area (Å²) in [5.41, 5.74) is -0.208. The lowest BCUT2D eigenvalue weighted by Crippen LogP contribution is -2.45. The Morgan fingerprint density at radius 3 is 2.43 bits per heavy atom. The molecule has 0 aromatic heterocycles. The van der Waals surface area contributed by atoms with Crippen LogP contribution in [0.15, 0.2) is 0 Å². The molecule has 0 saturated carbocycles. The zero-order chi connectivity index (χ0) is 11.2. The third-order valence-electron chi connectivity index (χ3n) is 2.40. The van der Waals surface area contributed by atoms with E-state index in [4.69, 9.17) is 5.26 Å². The second-order valence-corrected chi connectivity index (χ2v) is 4.20. The number of nitrogens with zero attached hydrogens (tertiary/aromatic N) is 1. The number of carbonyl (C=O) groups excluding carboxylic acids is 1. The van der Waals surface area contributed by atoms with Gasteiger partial charge in [-0.05, 0) is 26.7 Å². The topological polar surface area (TPSA) is 52.9 Å². The maximum atomic E-state index is 11.6. The Kier molecular flexibility index (Phi) is 5.22. The van der Waals surface area contributed by atoms with Crippen LogP contribution in [0.2, 0.25) is 0 Å². The SMILES string of the molecule is CCCC(C#N)C(=O)NC(C)(C)CC. The Morgan fingerprint density at radius 1 is 1.50 bits per heavy atom. The number of hydrogen-bond donors (Lipinski definition) is 1. The van der Waals surface area contributed by atoms with E-state index in [1.54, 1.807) is 0 Å². The molecule has 1 unspecified atom stereocenters. The number of rotatable bonds is 5. The van der Waals surface area contributed by atoms with Crippen LogP contribution in [-0.4, -0.2) is 11.4 Å². The Labute approximate surface area is 86.5 Å². The molecule has 80 valence electrons. The molecule has 3 nitrogen and oxygen atoms in total. The van der Waals surface area contributed by atoms with Crippen LogP contribution in [0.3, 0.4) is 0 Å². The molecule has 0 aromatic rings. The summed E-state index contributed by atoms with van der Waals surface area (Å²) in [5, 5.41) is 11.7. The van der Waals surface area contributed by atoms with E-state index >= 15 is 0 Å². The first-order valence-corrected chi connectivity index (χ1v) is 5.18. The summed E-state index contributed by atoms with van der Waals surface area (Å²) >= 11 is 0. The van der Waals surface area contributed by atoms with Crippen LogP contribution in [0.1, 0.15) is 47.0 Å². The van der Waals surface area contributed by atoms with Crippen molar-refractivity contribution >= 4 is 5.91 Å². The van der Waals surface area contributed by atoms with Crippen LogP contribution in [-0.2, 0) is 4.79 Å². The molecule has 0 aliphatic heterocycles. The first kappa shape index (κ1) is 13.0. The van der Waals surface area contributed by atoms with Crippen LogP contribution in [0, 0.1) is 17.2 Å². The van der Waals surface area contributed by atoms with Gasteiger partial charge in [-0.1, -0.05) is 20.3 Å². The number of hydrogen-bond acceptors (Lipinski definition) is 2. The van der Waals surface area contributed by atoms with E-state index in [2.05, 4.69) is 5.32 Å². The molecular formula is C11H20N2O. The molecule has 0 aromatic carbocycles. The molecule has 0 saturated heterocycles. The lowest BCUT2D eigenvalue weighted by molar-refractivity contribution is -0.125. The maximum Gasteiger partial charge on any atom is 0.237 e. The summed E-state index contributed by atoms with van der Waals surface area (Å²) in [6, 6.07) is 2.04. The molecule has 0 radical (unpaired) electrons. The van der Waals surface area contributed by atoms with E-state index in [9.17, 15) is 4.79 Å². The number of nitriles is 1. The molecule has 1 atom stereocenters. The standard InChI is InChI=1S/C11H20N2O/c1-5-7-9(8-12)10(14)13-11(3,4)6-2/h9H,5-7H2,1-4H3,(H,13,14). The van der Waals surface area contributed by atoms with Gasteiger partial charge in [0.25, 0.3) is 0 Å². The van der Waals surface area contributed by atoms with Gasteiger partial charge in [0.1, 0.15) is 5.92 Å². The molecule has 0 aliphatic rings. The van der Waals surface area contributed by atoms with Gasteiger partial charge in [-0.25, -0.2) is 0 Å². The Morgan fingerprint density at radius 2 is 2.07 bits per heavy atom. The molecule has 0 fully saturated rings. The van der Waals surface area contributed by atoms with E-state index in [0.717, 1.165) is 12.8 Å². The molecule has 1 N–H and O–H groups in total. The second kappa shape index (κ2) is 5.64. The van der Waals surface area contributed by atoms with E-state index in [1.807, 2.05) is 33.8 Å². The average molecular weight is 196 g/mol. The minimum atomic E-state index is -0.495. The summed E-state index contributed by atoms with van der Waals surface area (Å²) < 4.78 is 0. The first-order valence-electron chi connectivity index (χ1n) is 5.18. The van der Waals surface area contributed by atoms with Crippen molar-refractivity contribution in [3.05, 3.63) is 0 Å². The monoisotopic (exact) mass is 196 g/mol. The predicted octanol–water partition coefficient (Wildman–Crippen LogP) is 2.23. The van der Waals surface area contributed by atoms with Crippen LogP contribution in [0.25, 0.3) is 0 Å². The van der Waals surface area contributed by atoms with Crippen molar-refractivity contribution in [1.29, 1.82) is 5.26 Å². The highest BCUT2D eigenvalue weighted by Gasteiger charge is 2.23. The fourth-order valence-corrected chi connectivity index (χ4v) is 1.05. The maximum absolute atomic E-state index is 11.6. The molecule has 0 spiro atoms. The zero-order valence-electron chi connectivity index (χ0n) is 9.55. The van der Waals surface area contributed by atoms with Crippen molar-refractivity contribution < 1.29 is 4.79 Å². The van der Waals surface area contributed by atoms with Gasteiger partial charge in [0.2, 0.25) is 5.91 Å². The fraction of sp³-hybridized carbons (Fsp3) is 0.818. The summed E-state index contributed by atoms with van der Waals surface area (Å²) in [4.78, 5) is 11.6. The van der Waals surface area contributed by atoms with Crippen LogP contribution >= 0.6 is 0 Å². The Bertz CT molecular complexity index is 228. The number of carbonyl (C=O) groups is 1. The Balaban J connectivity index is 4.26. The van der Waals surface area contributed by atoms with E-state index in [1.165, 1.54) is 0 Å². The van der Waals surface area contributed by atoms with Crippen molar-refractivity contribution in [2.75, 3.05) is 0 Å². The molecule has 0 rings (SSSR count). The second-order valence-electron chi connectivity index (χ2n) is 4.20. The first-order chi connectivity index (χ1) is 6.46. The van der Waals surface area contributed by atoms with Gasteiger partial charge < -0.3 is 5.32 Å². The quantitative estimate of drug-likeness (QED) is 0.733. The van der Waals surface area contributed by atoms with Gasteiger partial charge >= 0.3 is 0 Å². The van der Waals surface area contributed by atoms with Gasteiger partial charge in [-0.15, -0.1) is 0 Å². The highest BCUT2D eigenvalue weighted by molar-refractivity contribution is 5.81. The smallest absolute Gasteiger partial charge is 0.237 e. The molecule has 3 heteroatoms. The summed E-state index contributed by atoms with van der Waals surface area (Å²) in [6.07, 6.45) is 2.36. The summed E-state index contributed by atoms with van der Waals surface area (Å²) in [7, 11) is 0. The lowest BCUT2D eigenvalue weighted by atomic mass is 9.98. The average Bonchev–Trinajstić information content (AvgIpc) is 2.13. The molecule has 0 bridgehead atoms. The van der Waals surface area contributed by atoms with Crippen molar-refractivity contribution in [1.82, 2.24) is 5.32 Å². The minimum Gasteiger partial charge on any atom is -0.350 e. The Hall–Kier alpha value is -1.04. The fourth-order valence-electron chi connectivity index (χ4n) is 1.05. The highest BCUT2D eigenvalue weighted by atomic mass is 16.2. The van der Waals surface area contributed by atoms with Gasteiger partial charge in [0, 0.05) is 5.54 Å². The van der Waals surface area contributed by atoms with Crippen LogP contribution < -0.4 is 5.32 Å². The van der Waals surface area contributed by atoms with Gasteiger partial charge in [0.15, 0.2) is 0 Å². The van der Waals surface area contributed by atoms with Crippen molar-refractivity contribution in [3.63, 3.8) is 0 Å². The molecule has 1 amide bonds. The number of nitrogens with one attached hydrogen (secondary N) is 1. The van der Waals surface area contributed by atoms with Crippen molar-refractivity contribution in [3.8, 4) is 6.07 Å². The number of amides is 1. The van der Waals surface area contributed by atoms with E-state index in [0.29, 0.717) is 6.42 Å². The van der Waals surface area contributed by atoms with Crippen molar-refractivity contribution in [2.45, 2.75) is 52.5 Å². The molecular weight excluding hydrogens is 176 g/mol. The zero-order valence-corrected chi connectivity index (χ0v) is 9.55. The van der Waals surface area contributed by atoms with Crippen LogP contribution in [0.5, 0.6) is 0 Å². The summed E-state index contributed by atoms with van der Waals surface area (Å²) in [5.74, 6) is -0.632. The molecule has 0 heterocycles. The molecule has 0 aliphatic carbocycles. The van der Waals surface area contributed by atoms with Crippen molar-refractivity contribution in [2.24, 2.45) is 5.92 Å². The summed E-state index contributed by atoms with van der Waals surface area (Å²) in [6.45, 7) is 7.92. The lowest BCUT2D eigenvalue weighted by Gasteiger charge is -2.25. The minimum absolute atomic E-state index is 0.138. The molecule has 14 heavy (non-hydrogen) atoms. The van der Waals surface area contributed by atoms with Crippen LogP contribution in [0.4, 0.5) is 0 Å². The van der Waals surface area contributed by atoms with Gasteiger partial charge in [-0.3, -0.25) is 4.79 Å². The largest absolute Gasteiger partial charge is 0.350 e. The predicted molar refractivity (Wildman–Crippen MR) is 56.5 cm³/mol. The highest BCUT2D eigenvalue weighted by Crippen LogP contribution is 2.11. The van der Waals surface area contributed by atoms with Gasteiger partial charge in [-0.2, -0.15) is 5.26 Å².